The lowest BCUT2D eigenvalue weighted by Gasteiger charge is -2.28. The average molecular weight is 256 g/mol. The molecule has 0 spiro atoms. The first-order valence-electron chi connectivity index (χ1n) is 4.84. The van der Waals surface area contributed by atoms with Crippen LogP contribution in [0.1, 0.15) is 12.5 Å². The number of fused-ring (bicyclic) bond motifs is 1. The molecule has 0 fully saturated rings. The molecule has 0 amide bonds. The highest BCUT2D eigenvalue weighted by atomic mass is 79.9. The fraction of sp³-hybridized carbons (Fsp3) is 0.455. The molecule has 14 heavy (non-hydrogen) atoms. The lowest BCUT2D eigenvalue weighted by molar-refractivity contribution is 0.203. The highest BCUT2D eigenvalue weighted by Crippen LogP contribution is 2.34. The van der Waals surface area contributed by atoms with Crippen molar-refractivity contribution in [3.05, 3.63) is 28.2 Å². The largest absolute Gasteiger partial charge is 0.492 e. The monoisotopic (exact) mass is 255 g/mol. The first-order chi connectivity index (χ1) is 6.68. The zero-order valence-corrected chi connectivity index (χ0v) is 9.75. The van der Waals surface area contributed by atoms with E-state index in [9.17, 15) is 0 Å². The first-order valence-corrected chi connectivity index (χ1v) is 5.63. The van der Waals surface area contributed by atoms with Crippen LogP contribution >= 0.6 is 15.9 Å². The van der Waals surface area contributed by atoms with E-state index in [1.807, 2.05) is 19.1 Å². The minimum atomic E-state index is 0.196. The Balaban J connectivity index is 2.27. The Morgan fingerprint density at radius 2 is 2.36 bits per heavy atom. The van der Waals surface area contributed by atoms with Gasteiger partial charge in [-0.05, 0) is 40.9 Å². The normalized spacial score (nSPS) is 22.4. The summed E-state index contributed by atoms with van der Waals surface area (Å²) in [5, 5.41) is 0. The second kappa shape index (κ2) is 3.91. The maximum absolute atomic E-state index is 5.87. The minimum Gasteiger partial charge on any atom is -0.492 e. The van der Waals surface area contributed by atoms with Crippen LogP contribution in [0, 0.1) is 5.92 Å². The molecule has 0 aliphatic carbocycles. The van der Waals surface area contributed by atoms with Gasteiger partial charge in [-0.25, -0.2) is 0 Å². The van der Waals surface area contributed by atoms with E-state index in [2.05, 4.69) is 22.0 Å². The van der Waals surface area contributed by atoms with Gasteiger partial charge in [0.1, 0.15) is 5.75 Å². The van der Waals surface area contributed by atoms with Gasteiger partial charge in [-0.2, -0.15) is 0 Å². The molecule has 0 saturated carbocycles. The Bertz CT molecular complexity index is 338. The van der Waals surface area contributed by atoms with Gasteiger partial charge in [0.15, 0.2) is 0 Å². The molecular formula is C11H14BrNO. The Kier molecular flexibility index (Phi) is 2.79. The molecule has 2 rings (SSSR count). The van der Waals surface area contributed by atoms with Crippen LogP contribution in [0.4, 0.5) is 0 Å². The molecule has 0 radical (unpaired) electrons. The molecule has 76 valence electrons. The van der Waals surface area contributed by atoms with Crippen LogP contribution in [0.15, 0.2) is 22.7 Å². The molecule has 2 N–H and O–H groups in total. The molecule has 1 heterocycles. The molecule has 2 atom stereocenters. The van der Waals surface area contributed by atoms with Crippen molar-refractivity contribution in [1.29, 1.82) is 0 Å². The summed E-state index contributed by atoms with van der Waals surface area (Å²) in [6, 6.07) is 6.34. The van der Waals surface area contributed by atoms with Crippen LogP contribution in [0.25, 0.3) is 0 Å². The van der Waals surface area contributed by atoms with Crippen molar-refractivity contribution < 1.29 is 4.74 Å². The molecule has 0 saturated heterocycles. The Hall–Kier alpha value is -0.540. The molecule has 0 bridgehead atoms. The second-order valence-electron chi connectivity index (χ2n) is 3.86. The van der Waals surface area contributed by atoms with Crippen LogP contribution in [0.2, 0.25) is 0 Å². The van der Waals surface area contributed by atoms with Gasteiger partial charge in [-0.3, -0.25) is 0 Å². The number of hydrogen-bond acceptors (Lipinski definition) is 2. The summed E-state index contributed by atoms with van der Waals surface area (Å²) in [6.07, 6.45) is 1.02. The van der Waals surface area contributed by atoms with Gasteiger partial charge in [0, 0.05) is 12.0 Å². The van der Waals surface area contributed by atoms with E-state index in [1.165, 1.54) is 5.56 Å². The summed E-state index contributed by atoms with van der Waals surface area (Å²) in [5.41, 5.74) is 7.13. The van der Waals surface area contributed by atoms with Gasteiger partial charge in [0.25, 0.3) is 0 Å². The fourth-order valence-electron chi connectivity index (χ4n) is 1.75. The van der Waals surface area contributed by atoms with Crippen molar-refractivity contribution in [3.8, 4) is 5.75 Å². The molecule has 1 aliphatic heterocycles. The minimum absolute atomic E-state index is 0.196. The van der Waals surface area contributed by atoms with E-state index in [0.717, 1.165) is 23.2 Å². The van der Waals surface area contributed by atoms with Crippen LogP contribution in [-0.4, -0.2) is 12.6 Å². The third-order valence-corrected chi connectivity index (χ3v) is 3.34. The fourth-order valence-corrected chi connectivity index (χ4v) is 2.27. The number of ether oxygens (including phenoxy) is 1. The first kappa shape index (κ1) is 9.99. The number of rotatable bonds is 1. The van der Waals surface area contributed by atoms with Gasteiger partial charge in [-0.15, -0.1) is 0 Å². The van der Waals surface area contributed by atoms with Gasteiger partial charge < -0.3 is 10.5 Å². The number of nitrogens with two attached hydrogens (primary N) is 1. The van der Waals surface area contributed by atoms with Gasteiger partial charge >= 0.3 is 0 Å². The predicted octanol–water partition coefficient (Wildman–Crippen LogP) is 2.35. The summed E-state index contributed by atoms with van der Waals surface area (Å²) in [5.74, 6) is 1.43. The summed E-state index contributed by atoms with van der Waals surface area (Å²) in [7, 11) is 0. The van der Waals surface area contributed by atoms with E-state index in [1.54, 1.807) is 0 Å². The standard InChI is InChI=1S/C11H14BrNO/c1-7(13)9-5-8-3-2-4-10(12)11(8)14-6-9/h2-4,7,9H,5-6,13H2,1H3/t7-,9?/m0/s1. The maximum Gasteiger partial charge on any atom is 0.136 e. The lowest BCUT2D eigenvalue weighted by Crippen LogP contribution is -2.35. The van der Waals surface area contributed by atoms with Gasteiger partial charge in [0.05, 0.1) is 11.1 Å². The third-order valence-electron chi connectivity index (χ3n) is 2.72. The maximum atomic E-state index is 5.87. The smallest absolute Gasteiger partial charge is 0.136 e. The number of para-hydroxylation sites is 1. The Morgan fingerprint density at radius 3 is 3.07 bits per heavy atom. The number of halogens is 1. The highest BCUT2D eigenvalue weighted by Gasteiger charge is 2.23. The van der Waals surface area contributed by atoms with Crippen molar-refractivity contribution in [2.24, 2.45) is 11.7 Å². The molecule has 1 unspecified atom stereocenters. The highest BCUT2D eigenvalue weighted by molar-refractivity contribution is 9.10. The zero-order valence-electron chi connectivity index (χ0n) is 8.16. The molecular weight excluding hydrogens is 242 g/mol. The lowest BCUT2D eigenvalue weighted by atomic mass is 9.92. The van der Waals surface area contributed by atoms with Crippen molar-refractivity contribution in [2.75, 3.05) is 6.61 Å². The van der Waals surface area contributed by atoms with E-state index in [0.29, 0.717) is 5.92 Å². The SMILES string of the molecule is C[C@H](N)C1COc2c(Br)cccc2C1. The Labute approximate surface area is 92.6 Å². The van der Waals surface area contributed by atoms with E-state index >= 15 is 0 Å². The third kappa shape index (κ3) is 1.79. The van der Waals surface area contributed by atoms with Crippen molar-refractivity contribution in [3.63, 3.8) is 0 Å². The average Bonchev–Trinajstić information content (AvgIpc) is 2.17. The molecule has 1 aliphatic rings. The second-order valence-corrected chi connectivity index (χ2v) is 4.72. The van der Waals surface area contributed by atoms with E-state index in [-0.39, 0.29) is 6.04 Å². The predicted molar refractivity (Wildman–Crippen MR) is 60.5 cm³/mol. The summed E-state index contributed by atoms with van der Waals surface area (Å²) in [4.78, 5) is 0. The quantitative estimate of drug-likeness (QED) is 0.837. The van der Waals surface area contributed by atoms with Crippen molar-refractivity contribution in [2.45, 2.75) is 19.4 Å². The van der Waals surface area contributed by atoms with Gasteiger partial charge in [-0.1, -0.05) is 12.1 Å². The van der Waals surface area contributed by atoms with Crippen LogP contribution in [0.3, 0.4) is 0 Å². The van der Waals surface area contributed by atoms with Crippen molar-refractivity contribution >= 4 is 15.9 Å². The number of benzene rings is 1. The van der Waals surface area contributed by atoms with Gasteiger partial charge in [0.2, 0.25) is 0 Å². The Morgan fingerprint density at radius 1 is 1.57 bits per heavy atom. The molecule has 2 nitrogen and oxygen atoms in total. The topological polar surface area (TPSA) is 35.2 Å². The molecule has 3 heteroatoms. The van der Waals surface area contributed by atoms with E-state index < -0.39 is 0 Å². The summed E-state index contributed by atoms with van der Waals surface area (Å²) < 4.78 is 6.74. The van der Waals surface area contributed by atoms with Crippen LogP contribution in [-0.2, 0) is 6.42 Å². The number of hydrogen-bond donors (Lipinski definition) is 1. The summed E-state index contributed by atoms with van der Waals surface area (Å²) >= 11 is 3.48. The molecule has 1 aromatic rings. The molecule has 0 aromatic heterocycles. The molecule has 1 aromatic carbocycles. The summed E-state index contributed by atoms with van der Waals surface area (Å²) in [6.45, 7) is 2.77. The van der Waals surface area contributed by atoms with Crippen LogP contribution in [0.5, 0.6) is 5.75 Å². The van der Waals surface area contributed by atoms with Crippen LogP contribution < -0.4 is 10.5 Å². The zero-order chi connectivity index (χ0) is 10.1. The van der Waals surface area contributed by atoms with E-state index in [4.69, 9.17) is 10.5 Å². The van der Waals surface area contributed by atoms with Crippen molar-refractivity contribution in [1.82, 2.24) is 0 Å².